The molecule has 0 heterocycles. The Hall–Kier alpha value is -3.14. The molecule has 0 unspecified atom stereocenters. The molecule has 0 spiro atoms. The van der Waals surface area contributed by atoms with Crippen molar-refractivity contribution < 1.29 is 34.6 Å². The van der Waals surface area contributed by atoms with E-state index in [0.717, 1.165) is 0 Å². The van der Waals surface area contributed by atoms with E-state index in [2.05, 4.69) is 15.9 Å². The number of nitrogens with zero attached hydrogens (tertiary/aromatic N) is 1. The average molecular weight is 454 g/mol. The van der Waals surface area contributed by atoms with Crippen LogP contribution >= 0.6 is 15.9 Å². The normalized spacial score (nSPS) is 11.8. The van der Waals surface area contributed by atoms with Crippen LogP contribution in [0, 0.1) is 10.1 Å². The zero-order chi connectivity index (χ0) is 21.2. The Labute approximate surface area is 167 Å². The summed E-state index contributed by atoms with van der Waals surface area (Å²) < 4.78 is 5.48. The van der Waals surface area contributed by atoms with Gasteiger partial charge < -0.3 is 20.1 Å². The minimum absolute atomic E-state index is 0.0927. The summed E-state index contributed by atoms with van der Waals surface area (Å²) in [5, 5.41) is 42.3. The molecule has 0 aliphatic heterocycles. The number of nitro benzene ring substituents is 1. The quantitative estimate of drug-likeness (QED) is 0.149. The number of rotatable bonds is 6. The second-order valence-electron chi connectivity index (χ2n) is 5.97. The number of fused-ring (bicyclic) bond motifs is 1. The molecular formula is C18H16BrNO8. The van der Waals surface area contributed by atoms with Gasteiger partial charge in [-0.05, 0) is 32.0 Å². The van der Waals surface area contributed by atoms with E-state index in [-0.39, 0.29) is 21.9 Å². The second-order valence-corrected chi connectivity index (χ2v) is 6.89. The number of phenols is 2. The number of phenolic OH excluding ortho intramolecular Hbond substituents is 2. The van der Waals surface area contributed by atoms with Crippen LogP contribution in [0.4, 0.5) is 5.69 Å². The van der Waals surface area contributed by atoms with Gasteiger partial charge in [0.15, 0.2) is 5.75 Å². The highest BCUT2D eigenvalue weighted by Crippen LogP contribution is 2.48. The molecule has 148 valence electrons. The first-order valence-electron chi connectivity index (χ1n) is 7.90. The van der Waals surface area contributed by atoms with Gasteiger partial charge in [-0.15, -0.1) is 0 Å². The van der Waals surface area contributed by atoms with E-state index in [9.17, 15) is 35.0 Å². The smallest absolute Gasteiger partial charge is 0.322 e. The van der Waals surface area contributed by atoms with Crippen LogP contribution in [0.2, 0.25) is 0 Å². The molecule has 0 fully saturated rings. The first kappa shape index (κ1) is 21.2. The Kier molecular flexibility index (Phi) is 6.24. The van der Waals surface area contributed by atoms with Gasteiger partial charge in [-0.2, -0.15) is 0 Å². The second kappa shape index (κ2) is 8.26. The molecule has 10 heteroatoms. The van der Waals surface area contributed by atoms with Gasteiger partial charge in [0.1, 0.15) is 18.8 Å². The molecule has 2 aromatic carbocycles. The Balaban J connectivity index is 2.75. The maximum absolute atomic E-state index is 11.7. The van der Waals surface area contributed by atoms with Gasteiger partial charge in [-0.1, -0.05) is 15.9 Å². The predicted octanol–water partition coefficient (Wildman–Crippen LogP) is 3.73. The number of ketones is 1. The van der Waals surface area contributed by atoms with E-state index >= 15 is 0 Å². The molecule has 0 bridgehead atoms. The fourth-order valence-electron chi connectivity index (χ4n) is 2.66. The van der Waals surface area contributed by atoms with Crippen molar-refractivity contribution in [2.45, 2.75) is 20.3 Å². The van der Waals surface area contributed by atoms with Crippen molar-refractivity contribution in [3.63, 3.8) is 0 Å². The van der Waals surface area contributed by atoms with Crippen LogP contribution in [0.3, 0.4) is 0 Å². The highest BCUT2D eigenvalue weighted by molar-refractivity contribution is 9.10. The zero-order valence-electron chi connectivity index (χ0n) is 14.9. The number of ether oxygens (including phenoxy) is 1. The third kappa shape index (κ3) is 4.22. The van der Waals surface area contributed by atoms with Crippen LogP contribution in [0.1, 0.15) is 25.8 Å². The number of carbonyl (C=O) groups is 2. The molecule has 0 aliphatic carbocycles. The number of aromatic hydroxyl groups is 2. The van der Waals surface area contributed by atoms with Gasteiger partial charge >= 0.3 is 11.7 Å². The first-order valence-corrected chi connectivity index (χ1v) is 8.69. The van der Waals surface area contributed by atoms with Crippen LogP contribution in [0.25, 0.3) is 16.3 Å². The number of hydrogen-bond acceptors (Lipinski definition) is 8. The van der Waals surface area contributed by atoms with E-state index in [4.69, 9.17) is 4.74 Å². The summed E-state index contributed by atoms with van der Waals surface area (Å²) in [5.74, 6) is -3.38. The van der Waals surface area contributed by atoms with Gasteiger partial charge in [-0.25, -0.2) is 0 Å². The Morgan fingerprint density at radius 1 is 1.18 bits per heavy atom. The van der Waals surface area contributed by atoms with Gasteiger partial charge in [0.2, 0.25) is 5.75 Å². The molecule has 0 aromatic heterocycles. The standard InChI is InChI=1S/C18H16BrNO8/c1-8(21)5-14(23)28-7-13(9(2)22)15-12-6-10(19)3-4-11(12)17(24)18(25)16(15)20(26)27/h3-4,6,22,24-25H,5,7H2,1-2H3. The molecule has 9 nitrogen and oxygen atoms in total. The maximum atomic E-state index is 11.7. The molecule has 0 atom stereocenters. The first-order chi connectivity index (χ1) is 13.0. The molecule has 28 heavy (non-hydrogen) atoms. The molecule has 0 saturated carbocycles. The number of allylic oxidation sites excluding steroid dienone is 1. The van der Waals surface area contributed by atoms with Crippen LogP contribution in [0.15, 0.2) is 28.4 Å². The number of halogens is 1. The molecule has 0 aliphatic rings. The SMILES string of the molecule is CC(=O)CC(=O)OCC(=C(C)O)c1c([N+](=O)[O-])c(O)c(O)c2ccc(Br)cc12. The zero-order valence-corrected chi connectivity index (χ0v) is 16.4. The fourth-order valence-corrected chi connectivity index (χ4v) is 3.02. The lowest BCUT2D eigenvalue weighted by Crippen LogP contribution is -2.12. The van der Waals surface area contributed by atoms with Crippen molar-refractivity contribution in [2.75, 3.05) is 6.61 Å². The summed E-state index contributed by atoms with van der Waals surface area (Å²) >= 11 is 3.23. The summed E-state index contributed by atoms with van der Waals surface area (Å²) in [4.78, 5) is 33.4. The minimum Gasteiger partial charge on any atom is -0.512 e. The van der Waals surface area contributed by atoms with Crippen molar-refractivity contribution in [3.05, 3.63) is 44.1 Å². The molecule has 3 N–H and O–H groups in total. The minimum atomic E-state index is -0.983. The summed E-state index contributed by atoms with van der Waals surface area (Å²) in [5.41, 5.74) is -1.22. The molecular weight excluding hydrogens is 438 g/mol. The molecule has 2 rings (SSSR count). The number of carbonyl (C=O) groups excluding carboxylic acids is 2. The number of Topliss-reactive ketones (excluding diaryl/α,β-unsaturated/α-hetero) is 1. The lowest BCUT2D eigenvalue weighted by molar-refractivity contribution is -0.386. The topological polar surface area (TPSA) is 147 Å². The lowest BCUT2D eigenvalue weighted by Gasteiger charge is -2.15. The lowest BCUT2D eigenvalue weighted by atomic mass is 9.94. The molecule has 2 aromatic rings. The number of aliphatic hydroxyl groups is 1. The Morgan fingerprint density at radius 3 is 2.36 bits per heavy atom. The number of esters is 1. The number of benzene rings is 2. The predicted molar refractivity (Wildman–Crippen MR) is 103 cm³/mol. The van der Waals surface area contributed by atoms with Crippen LogP contribution in [-0.2, 0) is 14.3 Å². The van der Waals surface area contributed by atoms with E-state index in [1.165, 1.54) is 26.0 Å². The van der Waals surface area contributed by atoms with Crippen molar-refractivity contribution in [3.8, 4) is 11.5 Å². The maximum Gasteiger partial charge on any atom is 0.322 e. The summed E-state index contributed by atoms with van der Waals surface area (Å²) in [7, 11) is 0. The number of nitro groups is 1. The fraction of sp³-hybridized carbons (Fsp3) is 0.222. The Morgan fingerprint density at radius 2 is 1.82 bits per heavy atom. The summed E-state index contributed by atoms with van der Waals surface area (Å²) in [6.45, 7) is 1.84. The van der Waals surface area contributed by atoms with E-state index in [1.807, 2.05) is 0 Å². The average Bonchev–Trinajstić information content (AvgIpc) is 2.57. The summed E-state index contributed by atoms with van der Waals surface area (Å²) in [6.07, 6.45) is -0.493. The van der Waals surface area contributed by atoms with E-state index in [0.29, 0.717) is 4.47 Å². The molecule has 0 amide bonds. The van der Waals surface area contributed by atoms with E-state index < -0.39 is 52.6 Å². The monoisotopic (exact) mass is 453 g/mol. The molecule has 0 saturated heterocycles. The van der Waals surface area contributed by atoms with Gasteiger partial charge in [0.05, 0.1) is 16.2 Å². The van der Waals surface area contributed by atoms with Gasteiger partial charge in [-0.3, -0.25) is 19.7 Å². The van der Waals surface area contributed by atoms with Crippen LogP contribution < -0.4 is 0 Å². The van der Waals surface area contributed by atoms with Crippen molar-refractivity contribution >= 4 is 49.7 Å². The largest absolute Gasteiger partial charge is 0.512 e. The summed E-state index contributed by atoms with van der Waals surface area (Å²) in [6, 6.07) is 4.43. The van der Waals surface area contributed by atoms with Crippen LogP contribution in [-0.4, -0.2) is 38.6 Å². The van der Waals surface area contributed by atoms with Crippen molar-refractivity contribution in [1.82, 2.24) is 0 Å². The van der Waals surface area contributed by atoms with Gasteiger partial charge in [0.25, 0.3) is 0 Å². The van der Waals surface area contributed by atoms with Crippen molar-refractivity contribution in [1.29, 1.82) is 0 Å². The molecule has 0 radical (unpaired) electrons. The van der Waals surface area contributed by atoms with E-state index in [1.54, 1.807) is 6.07 Å². The highest BCUT2D eigenvalue weighted by atomic mass is 79.9. The third-order valence-electron chi connectivity index (χ3n) is 3.88. The number of hydrogen-bond donors (Lipinski definition) is 3. The van der Waals surface area contributed by atoms with Crippen LogP contribution in [0.5, 0.6) is 11.5 Å². The third-order valence-corrected chi connectivity index (χ3v) is 4.38. The van der Waals surface area contributed by atoms with Gasteiger partial charge in [0, 0.05) is 20.8 Å². The van der Waals surface area contributed by atoms with Crippen molar-refractivity contribution in [2.24, 2.45) is 0 Å². The highest BCUT2D eigenvalue weighted by Gasteiger charge is 2.31. The Bertz CT molecular complexity index is 1020. The number of aliphatic hydroxyl groups excluding tert-OH is 1.